The second kappa shape index (κ2) is 7.04. The highest BCUT2D eigenvalue weighted by Crippen LogP contribution is 2.43. The summed E-state index contributed by atoms with van der Waals surface area (Å²) in [5.41, 5.74) is 5.61. The minimum Gasteiger partial charge on any atom is -0.353 e. The van der Waals surface area contributed by atoms with E-state index in [1.54, 1.807) is 11.3 Å². The average Bonchev–Trinajstić information content (AvgIpc) is 3.03. The Labute approximate surface area is 168 Å². The van der Waals surface area contributed by atoms with E-state index in [0.717, 1.165) is 36.8 Å². The Balaban J connectivity index is 1.71. The minimum atomic E-state index is 0.342. The zero-order valence-corrected chi connectivity index (χ0v) is 17.1. The van der Waals surface area contributed by atoms with E-state index in [9.17, 15) is 0 Å². The molecule has 6 heteroatoms. The minimum absolute atomic E-state index is 0.342. The van der Waals surface area contributed by atoms with Gasteiger partial charge in [0.25, 0.3) is 0 Å². The summed E-state index contributed by atoms with van der Waals surface area (Å²) in [6.07, 6.45) is 5.01. The van der Waals surface area contributed by atoms with Gasteiger partial charge in [-0.05, 0) is 60.9 Å². The first kappa shape index (κ1) is 17.4. The predicted octanol–water partition coefficient (Wildman–Crippen LogP) is 4.61. The molecule has 0 spiro atoms. The number of fused-ring (bicyclic) bond motifs is 2. The summed E-state index contributed by atoms with van der Waals surface area (Å²) in [6, 6.07) is 7.02. The summed E-state index contributed by atoms with van der Waals surface area (Å²) in [5.74, 6) is 0.989. The van der Waals surface area contributed by atoms with Crippen molar-refractivity contribution in [2.45, 2.75) is 32.6 Å². The summed E-state index contributed by atoms with van der Waals surface area (Å²) in [4.78, 5) is 13.9. The predicted molar refractivity (Wildman–Crippen MR) is 114 cm³/mol. The number of thiophene rings is 1. The monoisotopic (exact) mass is 398 g/mol. The lowest BCUT2D eigenvalue weighted by molar-refractivity contribution is 0.586. The third kappa shape index (κ3) is 3.12. The lowest BCUT2D eigenvalue weighted by Crippen LogP contribution is -2.44. The Bertz CT molecular complexity index is 1010. The summed E-state index contributed by atoms with van der Waals surface area (Å²) in [5, 5.41) is 4.93. The maximum absolute atomic E-state index is 6.29. The Morgan fingerprint density at radius 1 is 1.07 bits per heavy atom. The largest absolute Gasteiger partial charge is 0.353 e. The van der Waals surface area contributed by atoms with E-state index in [2.05, 4.69) is 45.3 Å². The number of nitrogens with one attached hydrogen (secondary N) is 1. The number of aryl methyl sites for hydroxylation is 3. The van der Waals surface area contributed by atoms with Gasteiger partial charge in [0.1, 0.15) is 10.6 Å². The van der Waals surface area contributed by atoms with Gasteiger partial charge in [-0.2, -0.15) is 4.98 Å². The maximum atomic E-state index is 6.29. The van der Waals surface area contributed by atoms with Crippen LogP contribution in [0.5, 0.6) is 0 Å². The van der Waals surface area contributed by atoms with Gasteiger partial charge < -0.3 is 10.2 Å². The first-order valence-electron chi connectivity index (χ1n) is 9.75. The Morgan fingerprint density at radius 3 is 2.67 bits per heavy atom. The molecule has 0 atom stereocenters. The molecule has 1 aliphatic heterocycles. The van der Waals surface area contributed by atoms with Crippen molar-refractivity contribution in [1.29, 1.82) is 0 Å². The van der Waals surface area contributed by atoms with E-state index in [0.29, 0.717) is 5.28 Å². The van der Waals surface area contributed by atoms with Crippen LogP contribution in [0.4, 0.5) is 5.82 Å². The number of nitrogens with zero attached hydrogens (tertiary/aromatic N) is 3. The number of halogens is 1. The fourth-order valence-electron chi connectivity index (χ4n) is 4.41. The zero-order chi connectivity index (χ0) is 18.4. The van der Waals surface area contributed by atoms with Crippen LogP contribution in [0.3, 0.4) is 0 Å². The highest BCUT2D eigenvalue weighted by Gasteiger charge is 2.23. The van der Waals surface area contributed by atoms with Gasteiger partial charge >= 0.3 is 0 Å². The standard InChI is InChI=1S/C21H23ClN4S/c1-13-17(16-7-6-14-4-2-3-5-15(14)12-16)18-19(26-10-8-23-9-11-26)24-21(22)25-20(18)27-13/h6-7,12,23H,2-5,8-11H2,1H3. The van der Waals surface area contributed by atoms with Crippen LogP contribution in [-0.2, 0) is 12.8 Å². The molecule has 0 radical (unpaired) electrons. The van der Waals surface area contributed by atoms with Gasteiger partial charge in [-0.25, -0.2) is 4.98 Å². The van der Waals surface area contributed by atoms with Crippen molar-refractivity contribution in [3.8, 4) is 11.1 Å². The fourth-order valence-corrected chi connectivity index (χ4v) is 5.66. The van der Waals surface area contributed by atoms with Crippen LogP contribution >= 0.6 is 22.9 Å². The number of hydrogen-bond donors (Lipinski definition) is 1. The van der Waals surface area contributed by atoms with Gasteiger partial charge in [0.2, 0.25) is 5.28 Å². The first-order chi connectivity index (χ1) is 13.2. The first-order valence-corrected chi connectivity index (χ1v) is 10.9. The molecule has 3 aromatic rings. The van der Waals surface area contributed by atoms with Crippen LogP contribution < -0.4 is 10.2 Å². The molecule has 5 rings (SSSR count). The van der Waals surface area contributed by atoms with E-state index in [1.165, 1.54) is 58.2 Å². The van der Waals surface area contributed by atoms with Crippen molar-refractivity contribution in [3.63, 3.8) is 0 Å². The average molecular weight is 399 g/mol. The van der Waals surface area contributed by atoms with Crippen molar-refractivity contribution >= 4 is 39.0 Å². The van der Waals surface area contributed by atoms with Crippen molar-refractivity contribution < 1.29 is 0 Å². The molecular weight excluding hydrogens is 376 g/mol. The van der Waals surface area contributed by atoms with E-state index in [4.69, 9.17) is 11.6 Å². The smallest absolute Gasteiger partial charge is 0.225 e. The van der Waals surface area contributed by atoms with Gasteiger partial charge in [0.05, 0.1) is 5.39 Å². The zero-order valence-electron chi connectivity index (χ0n) is 15.5. The summed E-state index contributed by atoms with van der Waals surface area (Å²) in [7, 11) is 0. The van der Waals surface area contributed by atoms with Crippen LogP contribution in [0, 0.1) is 6.92 Å². The molecule has 1 aromatic carbocycles. The number of hydrogen-bond acceptors (Lipinski definition) is 5. The fraction of sp³-hybridized carbons (Fsp3) is 0.429. The Kier molecular flexibility index (Phi) is 4.54. The Hall–Kier alpha value is -1.69. The molecule has 27 heavy (non-hydrogen) atoms. The molecule has 4 nitrogen and oxygen atoms in total. The summed E-state index contributed by atoms with van der Waals surface area (Å²) >= 11 is 8.01. The van der Waals surface area contributed by atoms with Gasteiger partial charge in [-0.3, -0.25) is 0 Å². The molecule has 0 unspecified atom stereocenters. The number of anilines is 1. The van der Waals surface area contributed by atoms with E-state index in [1.807, 2.05) is 0 Å². The van der Waals surface area contributed by atoms with Crippen molar-refractivity contribution in [1.82, 2.24) is 15.3 Å². The molecule has 0 amide bonds. The van der Waals surface area contributed by atoms with Crippen LogP contribution in [0.2, 0.25) is 5.28 Å². The number of aromatic nitrogens is 2. The van der Waals surface area contributed by atoms with E-state index >= 15 is 0 Å². The number of piperazine rings is 1. The molecule has 2 aliphatic rings. The van der Waals surface area contributed by atoms with Crippen LogP contribution in [0.25, 0.3) is 21.3 Å². The Morgan fingerprint density at radius 2 is 1.85 bits per heavy atom. The molecule has 0 saturated carbocycles. The quantitative estimate of drug-likeness (QED) is 0.640. The van der Waals surface area contributed by atoms with Crippen molar-refractivity contribution in [2.75, 3.05) is 31.1 Å². The molecule has 1 fully saturated rings. The highest BCUT2D eigenvalue weighted by atomic mass is 35.5. The van der Waals surface area contributed by atoms with Gasteiger partial charge in [0.15, 0.2) is 0 Å². The number of benzene rings is 1. The molecule has 140 valence electrons. The third-order valence-electron chi connectivity index (χ3n) is 5.73. The molecular formula is C21H23ClN4S. The lowest BCUT2D eigenvalue weighted by Gasteiger charge is -2.29. The molecule has 2 aromatic heterocycles. The van der Waals surface area contributed by atoms with Crippen molar-refractivity contribution in [3.05, 3.63) is 39.5 Å². The van der Waals surface area contributed by atoms with Crippen LogP contribution in [0.1, 0.15) is 28.8 Å². The molecule has 1 saturated heterocycles. The van der Waals surface area contributed by atoms with Gasteiger partial charge in [-0.15, -0.1) is 11.3 Å². The second-order valence-electron chi connectivity index (χ2n) is 7.46. The van der Waals surface area contributed by atoms with Crippen LogP contribution in [-0.4, -0.2) is 36.1 Å². The topological polar surface area (TPSA) is 41.1 Å². The summed E-state index contributed by atoms with van der Waals surface area (Å²) in [6.45, 7) is 6.03. The molecule has 0 bridgehead atoms. The van der Waals surface area contributed by atoms with E-state index in [-0.39, 0.29) is 0 Å². The molecule has 1 N–H and O–H groups in total. The van der Waals surface area contributed by atoms with E-state index < -0.39 is 0 Å². The SMILES string of the molecule is Cc1sc2nc(Cl)nc(N3CCNCC3)c2c1-c1ccc2c(c1)CCCC2. The van der Waals surface area contributed by atoms with Gasteiger partial charge in [-0.1, -0.05) is 18.2 Å². The second-order valence-corrected chi connectivity index (χ2v) is 9.00. The van der Waals surface area contributed by atoms with Crippen LogP contribution in [0.15, 0.2) is 18.2 Å². The molecule has 3 heterocycles. The number of rotatable bonds is 2. The van der Waals surface area contributed by atoms with Gasteiger partial charge in [0, 0.05) is 36.6 Å². The van der Waals surface area contributed by atoms with Crippen molar-refractivity contribution in [2.24, 2.45) is 0 Å². The highest BCUT2D eigenvalue weighted by molar-refractivity contribution is 7.19. The molecule has 1 aliphatic carbocycles. The lowest BCUT2D eigenvalue weighted by atomic mass is 9.89. The summed E-state index contributed by atoms with van der Waals surface area (Å²) < 4.78 is 0. The maximum Gasteiger partial charge on any atom is 0.225 e. The third-order valence-corrected chi connectivity index (χ3v) is 6.90. The normalized spacial score (nSPS) is 17.3.